The minimum atomic E-state index is 0.141. The van der Waals surface area contributed by atoms with E-state index in [9.17, 15) is 0 Å². The molecule has 1 aromatic carbocycles. The Labute approximate surface area is 73.7 Å². The molecule has 1 heteroatoms. The first-order chi connectivity index (χ1) is 5.84. The summed E-state index contributed by atoms with van der Waals surface area (Å²) in [4.78, 5) is 0. The molecule has 0 aliphatic carbocycles. The van der Waals surface area contributed by atoms with Crippen molar-refractivity contribution >= 4 is 0 Å². The van der Waals surface area contributed by atoms with Gasteiger partial charge in [0.1, 0.15) is 6.10 Å². The summed E-state index contributed by atoms with van der Waals surface area (Å²) in [6.45, 7) is 3.98. The maximum atomic E-state index is 5.40. The van der Waals surface area contributed by atoms with Crippen LogP contribution in [0.1, 0.15) is 25.5 Å². The summed E-state index contributed by atoms with van der Waals surface area (Å²) in [6, 6.07) is 10.2. The summed E-state index contributed by atoms with van der Waals surface area (Å²) < 4.78 is 5.40. The Morgan fingerprint density at radius 2 is 1.92 bits per heavy atom. The fourth-order valence-electron chi connectivity index (χ4n) is 0.999. The van der Waals surface area contributed by atoms with E-state index < -0.39 is 0 Å². The standard InChI is InChI=1S/C11H14O/c1-3-9-12-10(2)11-7-5-4-6-8-11/h3-10H,1-2H3. The highest BCUT2D eigenvalue weighted by Crippen LogP contribution is 2.15. The van der Waals surface area contributed by atoms with Gasteiger partial charge in [0.25, 0.3) is 0 Å². The van der Waals surface area contributed by atoms with Gasteiger partial charge in [0.2, 0.25) is 0 Å². The molecule has 1 aromatic rings. The third kappa shape index (κ3) is 2.42. The van der Waals surface area contributed by atoms with Crippen LogP contribution in [0.15, 0.2) is 42.7 Å². The zero-order valence-corrected chi connectivity index (χ0v) is 7.53. The summed E-state index contributed by atoms with van der Waals surface area (Å²) in [6.07, 6.45) is 3.75. The second-order valence-electron chi connectivity index (χ2n) is 2.66. The highest BCUT2D eigenvalue weighted by Gasteiger charge is 2.01. The van der Waals surface area contributed by atoms with Crippen LogP contribution in [0.2, 0.25) is 0 Å². The molecular formula is C11H14O. The van der Waals surface area contributed by atoms with E-state index in [1.165, 1.54) is 5.56 Å². The number of rotatable bonds is 3. The molecule has 0 amide bonds. The Hall–Kier alpha value is -1.24. The first-order valence-corrected chi connectivity index (χ1v) is 4.16. The summed E-state index contributed by atoms with van der Waals surface area (Å²) in [7, 11) is 0. The molecule has 1 rings (SSSR count). The summed E-state index contributed by atoms with van der Waals surface area (Å²) >= 11 is 0. The fraction of sp³-hybridized carbons (Fsp3) is 0.273. The molecule has 1 nitrogen and oxygen atoms in total. The van der Waals surface area contributed by atoms with Crippen LogP contribution < -0.4 is 0 Å². The summed E-state index contributed by atoms with van der Waals surface area (Å²) in [5, 5.41) is 0. The summed E-state index contributed by atoms with van der Waals surface area (Å²) in [5.74, 6) is 0. The zero-order valence-electron chi connectivity index (χ0n) is 7.53. The van der Waals surface area contributed by atoms with Gasteiger partial charge in [0.05, 0.1) is 6.26 Å². The lowest BCUT2D eigenvalue weighted by Crippen LogP contribution is -1.93. The maximum Gasteiger partial charge on any atom is 0.120 e. The third-order valence-electron chi connectivity index (χ3n) is 1.69. The molecule has 0 N–H and O–H groups in total. The number of hydrogen-bond donors (Lipinski definition) is 0. The van der Waals surface area contributed by atoms with Gasteiger partial charge in [-0.1, -0.05) is 36.4 Å². The van der Waals surface area contributed by atoms with Crippen LogP contribution in [0.25, 0.3) is 0 Å². The van der Waals surface area contributed by atoms with Crippen LogP contribution in [-0.4, -0.2) is 0 Å². The lowest BCUT2D eigenvalue weighted by atomic mass is 10.1. The molecule has 64 valence electrons. The highest BCUT2D eigenvalue weighted by molar-refractivity contribution is 5.16. The molecule has 0 aliphatic rings. The highest BCUT2D eigenvalue weighted by atomic mass is 16.5. The van der Waals surface area contributed by atoms with Gasteiger partial charge in [0.15, 0.2) is 0 Å². The molecule has 0 heterocycles. The molecular weight excluding hydrogens is 148 g/mol. The van der Waals surface area contributed by atoms with E-state index in [2.05, 4.69) is 12.1 Å². The average molecular weight is 162 g/mol. The largest absolute Gasteiger partial charge is 0.494 e. The van der Waals surface area contributed by atoms with Crippen LogP contribution in [0.4, 0.5) is 0 Å². The van der Waals surface area contributed by atoms with Crippen LogP contribution in [0.5, 0.6) is 0 Å². The van der Waals surface area contributed by atoms with Gasteiger partial charge in [-0.2, -0.15) is 0 Å². The molecule has 0 saturated carbocycles. The molecule has 0 saturated heterocycles. The Kier molecular flexibility index (Phi) is 3.39. The van der Waals surface area contributed by atoms with E-state index >= 15 is 0 Å². The van der Waals surface area contributed by atoms with Gasteiger partial charge in [-0.05, 0) is 19.4 Å². The second-order valence-corrected chi connectivity index (χ2v) is 2.66. The lowest BCUT2D eigenvalue weighted by Gasteiger charge is -2.10. The van der Waals surface area contributed by atoms with Crippen molar-refractivity contribution in [2.75, 3.05) is 0 Å². The number of hydrogen-bond acceptors (Lipinski definition) is 1. The minimum Gasteiger partial charge on any atom is -0.494 e. The van der Waals surface area contributed by atoms with Crippen molar-refractivity contribution in [3.8, 4) is 0 Å². The van der Waals surface area contributed by atoms with Gasteiger partial charge in [0, 0.05) is 0 Å². The molecule has 1 atom stereocenters. The third-order valence-corrected chi connectivity index (χ3v) is 1.69. The van der Waals surface area contributed by atoms with Gasteiger partial charge in [-0.3, -0.25) is 0 Å². The van der Waals surface area contributed by atoms with Crippen molar-refractivity contribution in [1.82, 2.24) is 0 Å². The van der Waals surface area contributed by atoms with Crippen molar-refractivity contribution < 1.29 is 4.74 Å². The number of allylic oxidation sites excluding steroid dienone is 1. The average Bonchev–Trinajstić information content (AvgIpc) is 2.15. The van der Waals surface area contributed by atoms with E-state index in [4.69, 9.17) is 4.74 Å². The normalized spacial score (nSPS) is 13.2. The monoisotopic (exact) mass is 162 g/mol. The van der Waals surface area contributed by atoms with Crippen molar-refractivity contribution in [1.29, 1.82) is 0 Å². The van der Waals surface area contributed by atoms with Crippen LogP contribution in [-0.2, 0) is 4.74 Å². The van der Waals surface area contributed by atoms with Gasteiger partial charge in [-0.15, -0.1) is 0 Å². The van der Waals surface area contributed by atoms with E-state index in [0.717, 1.165) is 0 Å². The Bertz CT molecular complexity index is 238. The van der Waals surface area contributed by atoms with Gasteiger partial charge < -0.3 is 4.74 Å². The van der Waals surface area contributed by atoms with Crippen LogP contribution in [0, 0.1) is 0 Å². The maximum absolute atomic E-state index is 5.40. The molecule has 0 radical (unpaired) electrons. The first-order valence-electron chi connectivity index (χ1n) is 4.16. The molecule has 0 spiro atoms. The minimum absolute atomic E-state index is 0.141. The summed E-state index contributed by atoms with van der Waals surface area (Å²) in [5.41, 5.74) is 1.20. The Morgan fingerprint density at radius 3 is 2.50 bits per heavy atom. The first kappa shape index (κ1) is 8.85. The molecule has 0 aliphatic heterocycles. The number of benzene rings is 1. The van der Waals surface area contributed by atoms with Crippen molar-refractivity contribution in [2.24, 2.45) is 0 Å². The van der Waals surface area contributed by atoms with Crippen molar-refractivity contribution in [3.05, 3.63) is 48.2 Å². The fourth-order valence-corrected chi connectivity index (χ4v) is 0.999. The molecule has 0 bridgehead atoms. The van der Waals surface area contributed by atoms with E-state index in [0.29, 0.717) is 0 Å². The lowest BCUT2D eigenvalue weighted by molar-refractivity contribution is 0.164. The number of ether oxygens (including phenoxy) is 1. The van der Waals surface area contributed by atoms with E-state index in [1.807, 2.05) is 38.1 Å². The molecule has 0 aromatic heterocycles. The molecule has 1 unspecified atom stereocenters. The zero-order chi connectivity index (χ0) is 8.81. The Balaban J connectivity index is 2.59. The van der Waals surface area contributed by atoms with E-state index in [1.54, 1.807) is 6.26 Å². The van der Waals surface area contributed by atoms with Gasteiger partial charge >= 0.3 is 0 Å². The van der Waals surface area contributed by atoms with E-state index in [-0.39, 0.29) is 6.10 Å². The quantitative estimate of drug-likeness (QED) is 0.619. The Morgan fingerprint density at radius 1 is 1.25 bits per heavy atom. The van der Waals surface area contributed by atoms with Crippen molar-refractivity contribution in [3.63, 3.8) is 0 Å². The van der Waals surface area contributed by atoms with Crippen LogP contribution in [0.3, 0.4) is 0 Å². The molecule has 12 heavy (non-hydrogen) atoms. The van der Waals surface area contributed by atoms with Gasteiger partial charge in [-0.25, -0.2) is 0 Å². The SMILES string of the molecule is CC=COC(C)c1ccccc1. The topological polar surface area (TPSA) is 9.23 Å². The molecule has 0 fully saturated rings. The van der Waals surface area contributed by atoms with Crippen molar-refractivity contribution in [2.45, 2.75) is 20.0 Å². The second kappa shape index (κ2) is 4.60. The van der Waals surface area contributed by atoms with Crippen LogP contribution >= 0.6 is 0 Å². The predicted molar refractivity (Wildman–Crippen MR) is 50.8 cm³/mol. The predicted octanol–water partition coefficient (Wildman–Crippen LogP) is 3.30. The smallest absolute Gasteiger partial charge is 0.120 e.